The van der Waals surface area contributed by atoms with Crippen LogP contribution in [0.1, 0.15) is 44.5 Å². The molecular formula is C30H28. The van der Waals surface area contributed by atoms with E-state index in [1.54, 1.807) is 0 Å². The van der Waals surface area contributed by atoms with Gasteiger partial charge in [0.15, 0.2) is 0 Å². The molecule has 0 aromatic heterocycles. The molecule has 0 heterocycles. The maximum absolute atomic E-state index is 2.31. The first-order valence-corrected chi connectivity index (χ1v) is 10.9. The molecular weight excluding hydrogens is 360 g/mol. The van der Waals surface area contributed by atoms with Crippen molar-refractivity contribution in [2.75, 3.05) is 0 Å². The summed E-state index contributed by atoms with van der Waals surface area (Å²) in [6.07, 6.45) is 2.21. The number of hydrogen-bond donors (Lipinski definition) is 0. The van der Waals surface area contributed by atoms with E-state index in [9.17, 15) is 0 Å². The van der Waals surface area contributed by atoms with Gasteiger partial charge in [0.25, 0.3) is 0 Å². The molecule has 0 spiro atoms. The third kappa shape index (κ3) is 3.37. The lowest BCUT2D eigenvalue weighted by Gasteiger charge is -2.03. The molecule has 0 bridgehead atoms. The molecule has 0 atom stereocenters. The highest BCUT2D eigenvalue weighted by atomic mass is 14.2. The quantitative estimate of drug-likeness (QED) is 0.249. The van der Waals surface area contributed by atoms with Gasteiger partial charge in [-0.05, 0) is 85.0 Å². The standard InChI is InChI=1S/2C15H14/c1-10-3-5-14-12(7-10)9-13-8-11(2)4-6-15(13)14;1-10-3-5-12-9-13-6-4-11(2)8-15(13)14(12)7-10/h2*3-8H,9H2,1-2H3. The van der Waals surface area contributed by atoms with Crippen LogP contribution in [-0.4, -0.2) is 0 Å². The summed E-state index contributed by atoms with van der Waals surface area (Å²) in [5, 5.41) is 0. The second-order valence-corrected chi connectivity index (χ2v) is 9.00. The van der Waals surface area contributed by atoms with Crippen LogP contribution < -0.4 is 0 Å². The first-order valence-electron chi connectivity index (χ1n) is 10.9. The minimum atomic E-state index is 1.10. The van der Waals surface area contributed by atoms with Crippen LogP contribution in [0.15, 0.2) is 72.8 Å². The molecule has 0 unspecified atom stereocenters. The molecule has 4 aromatic carbocycles. The summed E-state index contributed by atoms with van der Waals surface area (Å²) in [7, 11) is 0. The average Bonchev–Trinajstić information content (AvgIpc) is 3.24. The second kappa shape index (κ2) is 7.29. The molecule has 0 saturated heterocycles. The normalized spacial score (nSPS) is 12.4. The molecule has 0 N–H and O–H groups in total. The molecule has 30 heavy (non-hydrogen) atoms. The summed E-state index contributed by atoms with van der Waals surface area (Å²) in [6, 6.07) is 27.1. The van der Waals surface area contributed by atoms with Crippen LogP contribution in [-0.2, 0) is 12.8 Å². The second-order valence-electron chi connectivity index (χ2n) is 9.00. The summed E-state index contributed by atoms with van der Waals surface area (Å²) < 4.78 is 0. The van der Waals surface area contributed by atoms with Crippen molar-refractivity contribution in [2.24, 2.45) is 0 Å². The Balaban J connectivity index is 0.000000128. The van der Waals surface area contributed by atoms with Gasteiger partial charge in [-0.3, -0.25) is 0 Å². The van der Waals surface area contributed by atoms with Crippen LogP contribution in [0.3, 0.4) is 0 Å². The predicted octanol–water partition coefficient (Wildman–Crippen LogP) is 7.75. The lowest BCUT2D eigenvalue weighted by molar-refractivity contribution is 1.24. The highest BCUT2D eigenvalue weighted by Crippen LogP contribution is 2.38. The smallest absolute Gasteiger partial charge is 0.00133 e. The number of fused-ring (bicyclic) bond motifs is 6. The Labute approximate surface area is 180 Å². The number of hydrogen-bond acceptors (Lipinski definition) is 0. The van der Waals surface area contributed by atoms with Crippen molar-refractivity contribution >= 4 is 0 Å². The van der Waals surface area contributed by atoms with Crippen molar-refractivity contribution < 1.29 is 0 Å². The van der Waals surface area contributed by atoms with Gasteiger partial charge < -0.3 is 0 Å². The zero-order valence-electron chi connectivity index (χ0n) is 18.3. The molecule has 6 rings (SSSR count). The Bertz CT molecular complexity index is 1170. The summed E-state index contributed by atoms with van der Waals surface area (Å²) in [5.74, 6) is 0. The molecule has 148 valence electrons. The lowest BCUT2D eigenvalue weighted by Crippen LogP contribution is -1.81. The van der Waals surface area contributed by atoms with Crippen molar-refractivity contribution in [3.8, 4) is 22.3 Å². The van der Waals surface area contributed by atoms with E-state index in [0.29, 0.717) is 0 Å². The van der Waals surface area contributed by atoms with E-state index in [0.717, 1.165) is 12.8 Å². The third-order valence-corrected chi connectivity index (χ3v) is 6.39. The van der Waals surface area contributed by atoms with Gasteiger partial charge in [-0.1, -0.05) is 95.1 Å². The minimum absolute atomic E-state index is 1.10. The maximum Gasteiger partial charge on any atom is -0.00133 e. The first kappa shape index (κ1) is 18.9. The van der Waals surface area contributed by atoms with Gasteiger partial charge in [-0.15, -0.1) is 0 Å². The van der Waals surface area contributed by atoms with E-state index in [-0.39, 0.29) is 0 Å². The van der Waals surface area contributed by atoms with Gasteiger partial charge >= 0.3 is 0 Å². The Hall–Kier alpha value is -3.12. The molecule has 0 saturated carbocycles. The Morgan fingerprint density at radius 1 is 0.367 bits per heavy atom. The summed E-state index contributed by atoms with van der Waals surface area (Å²) in [5.41, 5.74) is 17.1. The van der Waals surface area contributed by atoms with Gasteiger partial charge in [-0.25, -0.2) is 0 Å². The molecule has 0 amide bonds. The molecule has 0 nitrogen and oxygen atoms in total. The van der Waals surface area contributed by atoms with Gasteiger partial charge in [0.1, 0.15) is 0 Å². The van der Waals surface area contributed by atoms with Crippen molar-refractivity contribution in [1.29, 1.82) is 0 Å². The fourth-order valence-electron chi connectivity index (χ4n) is 4.86. The van der Waals surface area contributed by atoms with Crippen LogP contribution in [0.2, 0.25) is 0 Å². The average molecular weight is 389 g/mol. The molecule has 2 aliphatic carbocycles. The summed E-state index contributed by atoms with van der Waals surface area (Å²) in [4.78, 5) is 0. The van der Waals surface area contributed by atoms with Crippen LogP contribution >= 0.6 is 0 Å². The zero-order valence-corrected chi connectivity index (χ0v) is 18.3. The van der Waals surface area contributed by atoms with Gasteiger partial charge in [0, 0.05) is 0 Å². The molecule has 2 aliphatic rings. The van der Waals surface area contributed by atoms with E-state index in [4.69, 9.17) is 0 Å². The number of aryl methyl sites for hydroxylation is 4. The van der Waals surface area contributed by atoms with Crippen molar-refractivity contribution in [3.05, 3.63) is 117 Å². The zero-order chi connectivity index (χ0) is 20.8. The topological polar surface area (TPSA) is 0 Å². The fourth-order valence-corrected chi connectivity index (χ4v) is 4.86. The minimum Gasteiger partial charge on any atom is -0.0590 e. The maximum atomic E-state index is 2.31. The van der Waals surface area contributed by atoms with Crippen LogP contribution in [0, 0.1) is 27.7 Å². The largest absolute Gasteiger partial charge is 0.0590 e. The van der Waals surface area contributed by atoms with Crippen LogP contribution in [0.25, 0.3) is 22.3 Å². The number of benzene rings is 4. The van der Waals surface area contributed by atoms with Gasteiger partial charge in [0.2, 0.25) is 0 Å². The Morgan fingerprint density at radius 3 is 1.20 bits per heavy atom. The van der Waals surface area contributed by atoms with E-state index in [1.807, 2.05) is 0 Å². The van der Waals surface area contributed by atoms with Crippen molar-refractivity contribution in [1.82, 2.24) is 0 Å². The number of rotatable bonds is 0. The predicted molar refractivity (Wildman–Crippen MR) is 128 cm³/mol. The summed E-state index contributed by atoms with van der Waals surface area (Å²) >= 11 is 0. The fraction of sp³-hybridized carbons (Fsp3) is 0.200. The Morgan fingerprint density at radius 2 is 0.733 bits per heavy atom. The highest BCUT2D eigenvalue weighted by Gasteiger charge is 2.18. The van der Waals surface area contributed by atoms with E-state index < -0.39 is 0 Å². The van der Waals surface area contributed by atoms with E-state index in [2.05, 4.69) is 100 Å². The highest BCUT2D eigenvalue weighted by molar-refractivity contribution is 5.78. The van der Waals surface area contributed by atoms with Crippen LogP contribution in [0.5, 0.6) is 0 Å². The molecule has 0 fully saturated rings. The van der Waals surface area contributed by atoms with Crippen LogP contribution in [0.4, 0.5) is 0 Å². The van der Waals surface area contributed by atoms with E-state index >= 15 is 0 Å². The van der Waals surface area contributed by atoms with Gasteiger partial charge in [0.05, 0.1) is 0 Å². The lowest BCUT2D eigenvalue weighted by atomic mass is 10.0. The SMILES string of the molecule is Cc1ccc2c(c1)-c1cc(C)ccc1C2.Cc1ccc2c(c1)Cc1cc(C)ccc1-2. The monoisotopic (exact) mass is 388 g/mol. The van der Waals surface area contributed by atoms with Crippen molar-refractivity contribution in [3.63, 3.8) is 0 Å². The molecule has 0 heteroatoms. The Kier molecular flexibility index (Phi) is 4.59. The summed E-state index contributed by atoms with van der Waals surface area (Å²) in [6.45, 7) is 8.64. The molecule has 0 radical (unpaired) electrons. The molecule has 4 aromatic rings. The first-order chi connectivity index (χ1) is 14.5. The van der Waals surface area contributed by atoms with Crippen molar-refractivity contribution in [2.45, 2.75) is 40.5 Å². The third-order valence-electron chi connectivity index (χ3n) is 6.39. The van der Waals surface area contributed by atoms with Gasteiger partial charge in [-0.2, -0.15) is 0 Å². The molecule has 0 aliphatic heterocycles. The van der Waals surface area contributed by atoms with E-state index in [1.165, 1.54) is 66.8 Å².